The second kappa shape index (κ2) is 14.8. The number of carbonyl (C=O) groups is 4. The Bertz CT molecular complexity index is 2330. The first-order chi connectivity index (χ1) is 27.6. The van der Waals surface area contributed by atoms with Crippen LogP contribution in [0.4, 0.5) is 5.69 Å². The maximum absolute atomic E-state index is 15.6. The Hall–Kier alpha value is -4.29. The number of piperidine rings is 1. The van der Waals surface area contributed by atoms with E-state index in [1.54, 1.807) is 35.2 Å². The fourth-order valence-corrected chi connectivity index (χ4v) is 11.8. The van der Waals surface area contributed by atoms with E-state index in [1.165, 1.54) is 17.6 Å². The van der Waals surface area contributed by atoms with E-state index >= 15 is 9.59 Å². The number of nitrogens with zero attached hydrogens (tertiary/aromatic N) is 3. The van der Waals surface area contributed by atoms with Crippen LogP contribution < -0.4 is 9.64 Å². The minimum absolute atomic E-state index is 0.125. The normalized spacial score (nSPS) is 27.6. The van der Waals surface area contributed by atoms with Gasteiger partial charge in [-0.2, -0.15) is 0 Å². The summed E-state index contributed by atoms with van der Waals surface area (Å²) in [6.45, 7) is 2.35. The van der Waals surface area contributed by atoms with Gasteiger partial charge in [-0.3, -0.25) is 29.0 Å². The molecule has 4 fully saturated rings. The molecule has 4 aromatic carbocycles. The van der Waals surface area contributed by atoms with Gasteiger partial charge in [-0.15, -0.1) is 0 Å². The molecule has 57 heavy (non-hydrogen) atoms. The maximum atomic E-state index is 15.6. The van der Waals surface area contributed by atoms with Crippen molar-refractivity contribution in [3.05, 3.63) is 133 Å². The number of carbonyl (C=O) groups excluding carboxylic acids is 4. The van der Waals surface area contributed by atoms with Gasteiger partial charge in [-0.05, 0) is 104 Å². The molecule has 3 heterocycles. The van der Waals surface area contributed by atoms with Crippen molar-refractivity contribution in [2.45, 2.75) is 49.6 Å². The summed E-state index contributed by atoms with van der Waals surface area (Å²) in [5, 5.41) is 11.5. The highest BCUT2D eigenvalue weighted by Gasteiger charge is 2.70. The van der Waals surface area contributed by atoms with Gasteiger partial charge < -0.3 is 9.84 Å². The minimum atomic E-state index is -1.48. The number of aromatic hydroxyl groups is 1. The Labute approximate surface area is 352 Å². The van der Waals surface area contributed by atoms with Gasteiger partial charge in [0.25, 0.3) is 0 Å². The van der Waals surface area contributed by atoms with Crippen molar-refractivity contribution in [2.24, 2.45) is 23.7 Å². The number of hydrogen-bond acceptors (Lipinski definition) is 7. The molecule has 2 aliphatic carbocycles. The maximum Gasteiger partial charge on any atom is 0.246 e. The van der Waals surface area contributed by atoms with Crippen molar-refractivity contribution < 1.29 is 29.0 Å². The largest absolute Gasteiger partial charge is 0.503 e. The number of hydrogen-bond donors (Lipinski definition) is 1. The highest BCUT2D eigenvalue weighted by molar-refractivity contribution is 9.13. The topological polar surface area (TPSA) is 107 Å². The molecule has 0 bridgehead atoms. The van der Waals surface area contributed by atoms with Crippen molar-refractivity contribution in [1.29, 1.82) is 0 Å². The van der Waals surface area contributed by atoms with Crippen LogP contribution in [0.1, 0.15) is 48.3 Å². The molecule has 6 atom stereocenters. The average molecular weight is 914 g/mol. The van der Waals surface area contributed by atoms with E-state index in [0.717, 1.165) is 25.2 Å². The second-order valence-corrected chi connectivity index (χ2v) is 17.8. The van der Waals surface area contributed by atoms with Crippen molar-refractivity contribution in [3.8, 4) is 11.5 Å². The molecule has 4 aromatic rings. The molecule has 1 saturated carbocycles. The van der Waals surface area contributed by atoms with Gasteiger partial charge in [0.2, 0.25) is 23.6 Å². The Balaban J connectivity index is 1.16. The van der Waals surface area contributed by atoms with Crippen molar-refractivity contribution in [1.82, 2.24) is 9.80 Å². The predicted molar refractivity (Wildman–Crippen MR) is 223 cm³/mol. The zero-order valence-electron chi connectivity index (χ0n) is 31.1. The van der Waals surface area contributed by atoms with E-state index in [1.807, 2.05) is 54.6 Å². The first kappa shape index (κ1) is 38.2. The van der Waals surface area contributed by atoms with Crippen LogP contribution in [-0.4, -0.2) is 64.8 Å². The molecule has 3 aliphatic heterocycles. The number of allylic oxidation sites excluding steroid dienone is 2. The molecule has 12 heteroatoms. The van der Waals surface area contributed by atoms with Crippen LogP contribution in [-0.2, 0) is 31.1 Å². The van der Waals surface area contributed by atoms with Gasteiger partial charge in [0.05, 0.1) is 40.4 Å². The van der Waals surface area contributed by atoms with Crippen molar-refractivity contribution in [2.75, 3.05) is 25.1 Å². The van der Waals surface area contributed by atoms with Crippen LogP contribution in [0.3, 0.4) is 0 Å². The summed E-state index contributed by atoms with van der Waals surface area (Å²) in [5.74, 6) is -4.59. The van der Waals surface area contributed by atoms with Crippen LogP contribution in [0.25, 0.3) is 0 Å². The van der Waals surface area contributed by atoms with E-state index in [-0.39, 0.29) is 35.8 Å². The van der Waals surface area contributed by atoms with Gasteiger partial charge in [-0.1, -0.05) is 90.0 Å². The van der Waals surface area contributed by atoms with Gasteiger partial charge >= 0.3 is 0 Å². The van der Waals surface area contributed by atoms with Crippen molar-refractivity contribution >= 4 is 72.8 Å². The number of rotatable bonds is 7. The molecule has 0 spiro atoms. The third-order valence-electron chi connectivity index (χ3n) is 13.1. The van der Waals surface area contributed by atoms with Crippen LogP contribution in [0, 0.1) is 23.7 Å². The molecular weight excluding hydrogens is 874 g/mol. The summed E-state index contributed by atoms with van der Waals surface area (Å²) in [5.41, 5.74) is 2.19. The molecule has 292 valence electrons. The average Bonchev–Trinajstić information content (AvgIpc) is 3.62. The number of methoxy groups -OCH3 is 1. The number of ether oxygens (including phenoxy) is 1. The molecule has 4 amide bonds. The summed E-state index contributed by atoms with van der Waals surface area (Å²) < 4.78 is 6.48. The highest BCUT2D eigenvalue weighted by atomic mass is 79.9. The van der Waals surface area contributed by atoms with E-state index in [9.17, 15) is 14.7 Å². The van der Waals surface area contributed by atoms with Gasteiger partial charge in [-0.25, -0.2) is 4.90 Å². The number of benzene rings is 4. The summed E-state index contributed by atoms with van der Waals surface area (Å²) in [6.07, 6.45) is 3.94. The Morgan fingerprint density at radius 1 is 0.842 bits per heavy atom. The highest BCUT2D eigenvalue weighted by Crippen LogP contribution is 2.66. The summed E-state index contributed by atoms with van der Waals surface area (Å²) in [6, 6.07) is 27.9. The number of halogens is 3. The summed E-state index contributed by atoms with van der Waals surface area (Å²) in [7, 11) is 1.46. The summed E-state index contributed by atoms with van der Waals surface area (Å²) >= 11 is 13.8. The lowest BCUT2D eigenvalue weighted by Crippen LogP contribution is -2.53. The monoisotopic (exact) mass is 911 g/mol. The molecule has 9 nitrogen and oxygen atoms in total. The number of phenols is 1. The first-order valence-corrected chi connectivity index (χ1v) is 21.3. The number of likely N-dealkylation sites (tertiary alicyclic amines) is 2. The first-order valence-electron chi connectivity index (χ1n) is 19.3. The smallest absolute Gasteiger partial charge is 0.246 e. The molecule has 0 unspecified atom stereocenters. The third kappa shape index (κ3) is 5.94. The molecule has 0 aromatic heterocycles. The molecule has 9 rings (SSSR count). The number of fused-ring (bicyclic) bond motifs is 4. The molecule has 0 radical (unpaired) electrons. The van der Waals surface area contributed by atoms with Crippen LogP contribution in [0.2, 0.25) is 5.02 Å². The Morgan fingerprint density at radius 3 is 2.23 bits per heavy atom. The zero-order valence-corrected chi connectivity index (χ0v) is 35.0. The quantitative estimate of drug-likeness (QED) is 0.147. The second-order valence-electron chi connectivity index (χ2n) is 15.8. The molecule has 1 N–H and O–H groups in total. The van der Waals surface area contributed by atoms with Gasteiger partial charge in [0.15, 0.2) is 11.5 Å². The number of amides is 4. The van der Waals surface area contributed by atoms with Crippen LogP contribution >= 0.6 is 43.5 Å². The van der Waals surface area contributed by atoms with Gasteiger partial charge in [0, 0.05) is 41.1 Å². The minimum Gasteiger partial charge on any atom is -0.503 e. The molecular formula is C45H40Br2ClN3O6. The predicted octanol–water partition coefficient (Wildman–Crippen LogP) is 8.41. The lowest BCUT2D eigenvalue weighted by atomic mass is 9.49. The zero-order chi connectivity index (χ0) is 39.7. The van der Waals surface area contributed by atoms with E-state index in [0.29, 0.717) is 50.0 Å². The summed E-state index contributed by atoms with van der Waals surface area (Å²) in [4.78, 5) is 65.2. The van der Waals surface area contributed by atoms with E-state index < -0.39 is 46.8 Å². The van der Waals surface area contributed by atoms with Gasteiger partial charge in [0.1, 0.15) is 0 Å². The number of phenolic OH excluding ortho intramolecular Hbond substituents is 1. The number of imide groups is 2. The van der Waals surface area contributed by atoms with E-state index in [4.69, 9.17) is 16.3 Å². The van der Waals surface area contributed by atoms with Crippen LogP contribution in [0.15, 0.2) is 112 Å². The standard InChI is InChI=1S/C45H40Br2ClN3O6/c1-57-35-23-33(38(46)39(47)40(35)52)37-30-15-16-31-36(43(55)50(41(31)53)28-17-19-49(20-18-28)24-25-9-4-2-5-10-25)32(30)22-34-42(54)51(29-14-8-13-27(48)21-29)44(56)45(34,37)26-11-6-3-7-12-26/h2-15,21,23,28,31-32,34,36-37,52H,16-20,22,24H2,1H3/t31-,32+,34-,36-,37+,45+/m0/s1. The lowest BCUT2D eigenvalue weighted by Gasteiger charge is -2.51. The van der Waals surface area contributed by atoms with Crippen molar-refractivity contribution in [3.63, 3.8) is 0 Å². The Morgan fingerprint density at radius 2 is 1.54 bits per heavy atom. The fourth-order valence-electron chi connectivity index (χ4n) is 10.6. The fraction of sp³-hybridized carbons (Fsp3) is 0.333. The number of anilines is 1. The van der Waals surface area contributed by atoms with E-state index in [2.05, 4.69) is 48.9 Å². The SMILES string of the molecule is COc1cc([C@H]2C3=CC[C@@H]4C(=O)N(C5CCN(Cc6ccccc6)CC5)C(=O)[C@@H]4[C@@H]3C[C@H]3C(=O)N(c4cccc(Cl)c4)C(=O)[C@@]23c2ccccc2)c(Br)c(Br)c1O. The van der Waals surface area contributed by atoms with Crippen LogP contribution in [0.5, 0.6) is 11.5 Å². The Kier molecular flexibility index (Phi) is 9.95. The molecule has 5 aliphatic rings. The molecule has 3 saturated heterocycles. The lowest BCUT2D eigenvalue weighted by molar-refractivity contribution is -0.144. The third-order valence-corrected chi connectivity index (χ3v) is 15.5.